The van der Waals surface area contributed by atoms with E-state index in [1.165, 1.54) is 4.90 Å². The van der Waals surface area contributed by atoms with Crippen LogP contribution in [0, 0.1) is 12.8 Å². The molecule has 3 aliphatic rings. The minimum absolute atomic E-state index is 0.107. The molecular formula is C21H20ClN3O2. The molecule has 6 heteroatoms. The molecule has 3 saturated heterocycles. The van der Waals surface area contributed by atoms with Crippen molar-refractivity contribution in [2.24, 2.45) is 5.92 Å². The standard InChI is InChI=1S/C21H20ClN3O2/c1-13-4-2-5-16(12-13)25-20(26)17-18(14-6-8-15(22)9-7-14)23-10-3-11-24(23)19(17)21(25)27/h2,4-9,12,17-19H,3,10-11H2,1H3/t17-,18+,19-/m0/s1. The minimum Gasteiger partial charge on any atom is -0.274 e. The maximum Gasteiger partial charge on any atom is 0.253 e. The summed E-state index contributed by atoms with van der Waals surface area (Å²) in [5, 5.41) is 4.99. The molecule has 0 saturated carbocycles. The fraction of sp³-hybridized carbons (Fsp3) is 0.333. The molecule has 0 spiro atoms. The van der Waals surface area contributed by atoms with Crippen molar-refractivity contribution in [1.29, 1.82) is 0 Å². The normalized spacial score (nSPS) is 28.1. The van der Waals surface area contributed by atoms with E-state index in [0.29, 0.717) is 10.7 Å². The van der Waals surface area contributed by atoms with Crippen molar-refractivity contribution < 1.29 is 9.59 Å². The van der Waals surface area contributed by atoms with Crippen LogP contribution in [-0.4, -0.2) is 41.0 Å². The molecule has 3 heterocycles. The van der Waals surface area contributed by atoms with Crippen molar-refractivity contribution in [3.8, 4) is 0 Å². The Labute approximate surface area is 163 Å². The highest BCUT2D eigenvalue weighted by Gasteiger charge is 2.62. The van der Waals surface area contributed by atoms with Crippen molar-refractivity contribution in [3.63, 3.8) is 0 Å². The molecule has 0 bridgehead atoms. The number of carbonyl (C=O) groups excluding carboxylic acids is 2. The van der Waals surface area contributed by atoms with Crippen LogP contribution < -0.4 is 4.90 Å². The van der Waals surface area contributed by atoms with Gasteiger partial charge in [0, 0.05) is 18.1 Å². The molecule has 0 aromatic heterocycles. The van der Waals surface area contributed by atoms with E-state index in [2.05, 4.69) is 10.0 Å². The highest BCUT2D eigenvalue weighted by molar-refractivity contribution is 6.30. The summed E-state index contributed by atoms with van der Waals surface area (Å²) in [6.07, 6.45) is 0.999. The summed E-state index contributed by atoms with van der Waals surface area (Å²) in [5.74, 6) is -0.608. The van der Waals surface area contributed by atoms with Gasteiger partial charge in [-0.05, 0) is 48.7 Å². The SMILES string of the molecule is Cc1cccc(N2C(=O)[C@@H]3[C@@H](C2=O)N2CCCN2[C@@H]3c2ccc(Cl)cc2)c1. The third-order valence-electron chi connectivity index (χ3n) is 5.88. The first-order chi connectivity index (χ1) is 13.1. The van der Waals surface area contributed by atoms with E-state index in [4.69, 9.17) is 11.6 Å². The van der Waals surface area contributed by atoms with Crippen LogP contribution in [0.2, 0.25) is 5.02 Å². The number of hydrogen-bond donors (Lipinski definition) is 0. The fourth-order valence-corrected chi connectivity index (χ4v) is 4.92. The van der Waals surface area contributed by atoms with Crippen LogP contribution in [0.5, 0.6) is 0 Å². The zero-order valence-corrected chi connectivity index (χ0v) is 15.8. The number of aryl methyl sites for hydroxylation is 1. The summed E-state index contributed by atoms with van der Waals surface area (Å²) in [4.78, 5) is 28.1. The third kappa shape index (κ3) is 2.46. The maximum absolute atomic E-state index is 13.4. The number of benzene rings is 2. The molecule has 3 fully saturated rings. The Bertz CT molecular complexity index is 929. The second-order valence-electron chi connectivity index (χ2n) is 7.50. The zero-order valence-electron chi connectivity index (χ0n) is 15.0. The van der Waals surface area contributed by atoms with Gasteiger partial charge in [-0.1, -0.05) is 35.9 Å². The van der Waals surface area contributed by atoms with Gasteiger partial charge in [-0.2, -0.15) is 0 Å². The van der Waals surface area contributed by atoms with E-state index in [0.717, 1.165) is 30.6 Å². The molecular weight excluding hydrogens is 362 g/mol. The Morgan fingerprint density at radius 1 is 0.926 bits per heavy atom. The van der Waals surface area contributed by atoms with E-state index >= 15 is 0 Å². The fourth-order valence-electron chi connectivity index (χ4n) is 4.79. The molecule has 138 valence electrons. The summed E-state index contributed by atoms with van der Waals surface area (Å²) >= 11 is 6.06. The molecule has 0 aliphatic carbocycles. The first kappa shape index (κ1) is 16.9. The molecule has 2 aromatic carbocycles. The monoisotopic (exact) mass is 381 g/mol. The van der Waals surface area contributed by atoms with Gasteiger partial charge in [-0.3, -0.25) is 9.59 Å². The summed E-state index contributed by atoms with van der Waals surface area (Å²) in [6.45, 7) is 3.64. The number of amides is 2. The predicted molar refractivity (Wildman–Crippen MR) is 103 cm³/mol. The first-order valence-corrected chi connectivity index (χ1v) is 9.67. The number of carbonyl (C=O) groups is 2. The Kier molecular flexibility index (Phi) is 3.86. The molecule has 3 aliphatic heterocycles. The highest BCUT2D eigenvalue weighted by Crippen LogP contribution is 2.49. The Hall–Kier alpha value is -2.21. The topological polar surface area (TPSA) is 43.9 Å². The van der Waals surface area contributed by atoms with Crippen LogP contribution in [0.15, 0.2) is 48.5 Å². The lowest BCUT2D eigenvalue weighted by Gasteiger charge is -2.29. The second kappa shape index (κ2) is 6.16. The van der Waals surface area contributed by atoms with Crippen LogP contribution in [0.4, 0.5) is 5.69 Å². The zero-order chi connectivity index (χ0) is 18.7. The number of fused-ring (bicyclic) bond motifs is 3. The van der Waals surface area contributed by atoms with Gasteiger partial charge in [0.15, 0.2) is 0 Å². The number of rotatable bonds is 2. The number of hydrazine groups is 1. The van der Waals surface area contributed by atoms with E-state index in [1.54, 1.807) is 0 Å². The number of anilines is 1. The maximum atomic E-state index is 13.4. The lowest BCUT2D eigenvalue weighted by molar-refractivity contribution is -0.126. The smallest absolute Gasteiger partial charge is 0.253 e. The van der Waals surface area contributed by atoms with Gasteiger partial charge in [-0.15, -0.1) is 0 Å². The average molecular weight is 382 g/mol. The van der Waals surface area contributed by atoms with Gasteiger partial charge >= 0.3 is 0 Å². The molecule has 5 rings (SSSR count). The molecule has 27 heavy (non-hydrogen) atoms. The lowest BCUT2D eigenvalue weighted by Crippen LogP contribution is -2.44. The van der Waals surface area contributed by atoms with Gasteiger partial charge in [0.1, 0.15) is 6.04 Å². The highest BCUT2D eigenvalue weighted by atomic mass is 35.5. The lowest BCUT2D eigenvalue weighted by atomic mass is 9.90. The van der Waals surface area contributed by atoms with Crippen LogP contribution in [0.25, 0.3) is 0 Å². The van der Waals surface area contributed by atoms with E-state index < -0.39 is 6.04 Å². The molecule has 0 N–H and O–H groups in total. The van der Waals surface area contributed by atoms with Crippen molar-refractivity contribution >= 4 is 29.1 Å². The van der Waals surface area contributed by atoms with Crippen molar-refractivity contribution in [2.75, 3.05) is 18.0 Å². The van der Waals surface area contributed by atoms with Gasteiger partial charge in [0.2, 0.25) is 5.91 Å². The van der Waals surface area contributed by atoms with E-state index in [1.807, 2.05) is 55.5 Å². The molecule has 5 nitrogen and oxygen atoms in total. The molecule has 0 radical (unpaired) electrons. The number of imide groups is 1. The van der Waals surface area contributed by atoms with Gasteiger partial charge < -0.3 is 0 Å². The molecule has 0 unspecified atom stereocenters. The third-order valence-corrected chi connectivity index (χ3v) is 6.13. The Morgan fingerprint density at radius 3 is 2.33 bits per heavy atom. The Morgan fingerprint density at radius 2 is 1.63 bits per heavy atom. The van der Waals surface area contributed by atoms with Crippen LogP contribution >= 0.6 is 11.6 Å². The molecule has 3 atom stereocenters. The largest absolute Gasteiger partial charge is 0.274 e. The van der Waals surface area contributed by atoms with Gasteiger partial charge in [0.05, 0.1) is 17.6 Å². The average Bonchev–Trinajstić information content (AvgIpc) is 3.28. The minimum atomic E-state index is -0.416. The van der Waals surface area contributed by atoms with Crippen molar-refractivity contribution in [1.82, 2.24) is 10.0 Å². The van der Waals surface area contributed by atoms with Gasteiger partial charge in [-0.25, -0.2) is 14.9 Å². The number of hydrogen-bond acceptors (Lipinski definition) is 4. The summed E-state index contributed by atoms with van der Waals surface area (Å²) in [6, 6.07) is 14.7. The summed E-state index contributed by atoms with van der Waals surface area (Å²) in [7, 11) is 0. The number of nitrogens with zero attached hydrogens (tertiary/aromatic N) is 3. The van der Waals surface area contributed by atoms with Crippen molar-refractivity contribution in [2.45, 2.75) is 25.4 Å². The summed E-state index contributed by atoms with van der Waals surface area (Å²) in [5.41, 5.74) is 2.73. The van der Waals surface area contributed by atoms with Crippen molar-refractivity contribution in [3.05, 3.63) is 64.7 Å². The van der Waals surface area contributed by atoms with Crippen LogP contribution in [-0.2, 0) is 9.59 Å². The van der Waals surface area contributed by atoms with E-state index in [-0.39, 0.29) is 23.8 Å². The number of halogens is 1. The second-order valence-corrected chi connectivity index (χ2v) is 7.93. The Balaban J connectivity index is 1.59. The first-order valence-electron chi connectivity index (χ1n) is 9.29. The summed E-state index contributed by atoms with van der Waals surface area (Å²) < 4.78 is 0. The predicted octanol–water partition coefficient (Wildman–Crippen LogP) is 3.18. The van der Waals surface area contributed by atoms with E-state index in [9.17, 15) is 9.59 Å². The quantitative estimate of drug-likeness (QED) is 0.749. The van der Waals surface area contributed by atoms with Crippen LogP contribution in [0.3, 0.4) is 0 Å². The molecule has 2 amide bonds. The van der Waals surface area contributed by atoms with Gasteiger partial charge in [0.25, 0.3) is 5.91 Å². The van der Waals surface area contributed by atoms with Crippen LogP contribution in [0.1, 0.15) is 23.6 Å². The molecule has 2 aromatic rings.